The zero-order chi connectivity index (χ0) is 11.5. The van der Waals surface area contributed by atoms with Gasteiger partial charge in [-0.25, -0.2) is 0 Å². The summed E-state index contributed by atoms with van der Waals surface area (Å²) in [7, 11) is 0. The van der Waals surface area contributed by atoms with Crippen LogP contribution in [0, 0.1) is 5.92 Å². The predicted octanol–water partition coefficient (Wildman–Crippen LogP) is 2.37. The average molecular weight is 220 g/mol. The summed E-state index contributed by atoms with van der Waals surface area (Å²) in [6, 6.07) is 3.97. The number of hydrogen-bond acceptors (Lipinski definition) is 3. The smallest absolute Gasteiger partial charge is 0.0931 e. The fraction of sp³-hybridized carbons (Fsp3) is 0.615. The molecule has 0 amide bonds. The Labute approximate surface area is 97.1 Å². The third-order valence-corrected chi connectivity index (χ3v) is 3.12. The number of hydrogen-bond donors (Lipinski definition) is 1. The second-order valence-corrected chi connectivity index (χ2v) is 4.60. The molecule has 0 bridgehead atoms. The van der Waals surface area contributed by atoms with Crippen molar-refractivity contribution in [2.45, 2.75) is 32.8 Å². The van der Waals surface area contributed by atoms with Gasteiger partial charge >= 0.3 is 0 Å². The molecule has 3 heteroatoms. The van der Waals surface area contributed by atoms with Gasteiger partial charge in [0.15, 0.2) is 0 Å². The van der Waals surface area contributed by atoms with Crippen LogP contribution >= 0.6 is 0 Å². The topological polar surface area (TPSA) is 36.4 Å². The van der Waals surface area contributed by atoms with Crippen molar-refractivity contribution in [2.24, 2.45) is 5.92 Å². The zero-order valence-corrected chi connectivity index (χ0v) is 10.1. The van der Waals surface area contributed by atoms with Gasteiger partial charge in [-0.3, -0.25) is 4.98 Å². The second kappa shape index (κ2) is 4.83. The van der Waals surface area contributed by atoms with Gasteiger partial charge in [0, 0.05) is 13.1 Å². The van der Waals surface area contributed by atoms with Crippen LogP contribution in [0.15, 0.2) is 18.3 Å². The van der Waals surface area contributed by atoms with E-state index in [2.05, 4.69) is 22.9 Å². The molecule has 1 aliphatic carbocycles. The van der Waals surface area contributed by atoms with Crippen LogP contribution in [0.5, 0.6) is 0 Å². The third kappa shape index (κ3) is 2.73. The monoisotopic (exact) mass is 220 g/mol. The van der Waals surface area contributed by atoms with E-state index in [0.29, 0.717) is 0 Å². The lowest BCUT2D eigenvalue weighted by Gasteiger charge is -2.22. The molecule has 1 N–H and O–H groups in total. The van der Waals surface area contributed by atoms with Crippen molar-refractivity contribution >= 4 is 5.69 Å². The van der Waals surface area contributed by atoms with E-state index in [4.69, 9.17) is 0 Å². The van der Waals surface area contributed by atoms with Crippen LogP contribution in [0.25, 0.3) is 0 Å². The maximum Gasteiger partial charge on any atom is 0.0931 e. The summed E-state index contributed by atoms with van der Waals surface area (Å²) >= 11 is 0. The Morgan fingerprint density at radius 2 is 2.25 bits per heavy atom. The van der Waals surface area contributed by atoms with E-state index in [-0.39, 0.29) is 0 Å². The number of aliphatic hydroxyl groups excluding tert-OH is 1. The lowest BCUT2D eigenvalue weighted by molar-refractivity contribution is 0.194. The largest absolute Gasteiger partial charge is 0.387 e. The minimum absolute atomic E-state index is 0.479. The van der Waals surface area contributed by atoms with Crippen molar-refractivity contribution in [3.05, 3.63) is 24.0 Å². The molecule has 1 aromatic heterocycles. The first-order valence-electron chi connectivity index (χ1n) is 6.09. The molecule has 0 aromatic carbocycles. The molecule has 0 radical (unpaired) electrons. The van der Waals surface area contributed by atoms with Gasteiger partial charge in [-0.1, -0.05) is 0 Å². The van der Waals surface area contributed by atoms with Crippen LogP contribution in [0.2, 0.25) is 0 Å². The van der Waals surface area contributed by atoms with E-state index in [1.807, 2.05) is 12.3 Å². The normalized spacial score (nSPS) is 17.2. The maximum atomic E-state index is 9.39. The highest BCUT2D eigenvalue weighted by molar-refractivity contribution is 5.44. The fourth-order valence-corrected chi connectivity index (χ4v) is 1.86. The first-order chi connectivity index (χ1) is 7.70. The summed E-state index contributed by atoms with van der Waals surface area (Å²) in [4.78, 5) is 6.64. The second-order valence-electron chi connectivity index (χ2n) is 4.60. The summed E-state index contributed by atoms with van der Waals surface area (Å²) < 4.78 is 0. The first-order valence-corrected chi connectivity index (χ1v) is 6.09. The molecule has 1 atom stereocenters. The van der Waals surface area contributed by atoms with Crippen LogP contribution in [0.1, 0.15) is 38.5 Å². The summed E-state index contributed by atoms with van der Waals surface area (Å²) in [5.74, 6) is 0.886. The van der Waals surface area contributed by atoms with Gasteiger partial charge in [0.1, 0.15) is 0 Å². The van der Waals surface area contributed by atoms with Crippen LogP contribution in [0.4, 0.5) is 5.69 Å². The molecule has 88 valence electrons. The molecule has 1 aliphatic rings. The Kier molecular flexibility index (Phi) is 3.44. The quantitative estimate of drug-likeness (QED) is 0.827. The summed E-state index contributed by atoms with van der Waals surface area (Å²) in [6.45, 7) is 6.08. The summed E-state index contributed by atoms with van der Waals surface area (Å²) in [5, 5.41) is 9.39. The van der Waals surface area contributed by atoms with Gasteiger partial charge in [-0.15, -0.1) is 0 Å². The molecule has 1 fully saturated rings. The van der Waals surface area contributed by atoms with Crippen molar-refractivity contribution < 1.29 is 5.11 Å². The number of aromatic nitrogens is 1. The number of nitrogens with zero attached hydrogens (tertiary/aromatic N) is 2. The van der Waals surface area contributed by atoms with E-state index in [9.17, 15) is 5.11 Å². The van der Waals surface area contributed by atoms with E-state index < -0.39 is 6.10 Å². The number of rotatable bonds is 5. The lowest BCUT2D eigenvalue weighted by atomic mass is 10.2. The van der Waals surface area contributed by atoms with Crippen LogP contribution in [0.3, 0.4) is 0 Å². The Morgan fingerprint density at radius 1 is 1.50 bits per heavy atom. The molecule has 0 unspecified atom stereocenters. The molecule has 0 saturated heterocycles. The minimum Gasteiger partial charge on any atom is -0.387 e. The van der Waals surface area contributed by atoms with Crippen LogP contribution in [-0.2, 0) is 0 Å². The fourth-order valence-electron chi connectivity index (χ4n) is 1.86. The molecule has 0 aliphatic heterocycles. The maximum absolute atomic E-state index is 9.39. The Bertz CT molecular complexity index is 330. The average Bonchev–Trinajstić information content (AvgIpc) is 3.10. The highest BCUT2D eigenvalue weighted by Gasteiger charge is 2.23. The highest BCUT2D eigenvalue weighted by atomic mass is 16.3. The van der Waals surface area contributed by atoms with Crippen molar-refractivity contribution in [3.63, 3.8) is 0 Å². The first kappa shape index (κ1) is 11.4. The lowest BCUT2D eigenvalue weighted by Crippen LogP contribution is -2.25. The Balaban J connectivity index is 2.05. The minimum atomic E-state index is -0.479. The van der Waals surface area contributed by atoms with E-state index in [0.717, 1.165) is 24.7 Å². The van der Waals surface area contributed by atoms with E-state index >= 15 is 0 Å². The molecule has 1 aromatic rings. The third-order valence-electron chi connectivity index (χ3n) is 3.12. The Morgan fingerprint density at radius 3 is 2.69 bits per heavy atom. The molecular formula is C13H20N2O. The van der Waals surface area contributed by atoms with Crippen LogP contribution in [-0.4, -0.2) is 23.2 Å². The number of pyridine rings is 1. The van der Waals surface area contributed by atoms with Crippen molar-refractivity contribution in [1.82, 2.24) is 4.98 Å². The summed E-state index contributed by atoms with van der Waals surface area (Å²) in [6.07, 6.45) is 4.13. The molecular weight excluding hydrogens is 200 g/mol. The van der Waals surface area contributed by atoms with Gasteiger partial charge in [0.25, 0.3) is 0 Å². The summed E-state index contributed by atoms with van der Waals surface area (Å²) in [5.41, 5.74) is 1.91. The van der Waals surface area contributed by atoms with Crippen molar-refractivity contribution in [3.8, 4) is 0 Å². The van der Waals surface area contributed by atoms with Gasteiger partial charge < -0.3 is 10.0 Å². The zero-order valence-electron chi connectivity index (χ0n) is 10.1. The molecule has 1 heterocycles. The standard InChI is InChI=1S/C13H20N2O/c1-3-15(9-11-4-5-11)12-6-7-13(10(2)16)14-8-12/h6-8,10-11,16H,3-5,9H2,1-2H3/t10-/m0/s1. The van der Waals surface area contributed by atoms with Gasteiger partial charge in [-0.05, 0) is 44.7 Å². The number of aliphatic hydroxyl groups is 1. The van der Waals surface area contributed by atoms with Crippen molar-refractivity contribution in [1.29, 1.82) is 0 Å². The number of anilines is 1. The molecule has 3 nitrogen and oxygen atoms in total. The molecule has 16 heavy (non-hydrogen) atoms. The Hall–Kier alpha value is -1.09. The van der Waals surface area contributed by atoms with E-state index in [1.165, 1.54) is 18.5 Å². The molecule has 0 spiro atoms. The van der Waals surface area contributed by atoms with E-state index in [1.54, 1.807) is 6.92 Å². The van der Waals surface area contributed by atoms with Gasteiger partial charge in [0.05, 0.1) is 23.7 Å². The molecule has 2 rings (SSSR count). The van der Waals surface area contributed by atoms with Gasteiger partial charge in [-0.2, -0.15) is 0 Å². The van der Waals surface area contributed by atoms with Crippen molar-refractivity contribution in [2.75, 3.05) is 18.0 Å². The van der Waals surface area contributed by atoms with Gasteiger partial charge in [0.2, 0.25) is 0 Å². The van der Waals surface area contributed by atoms with Crippen LogP contribution < -0.4 is 4.90 Å². The molecule has 1 saturated carbocycles. The predicted molar refractivity (Wildman–Crippen MR) is 65.5 cm³/mol. The SMILES string of the molecule is CCN(CC1CC1)c1ccc([C@H](C)O)nc1. The highest BCUT2D eigenvalue weighted by Crippen LogP contribution is 2.31.